The normalized spacial score (nSPS) is 24.6. The van der Waals surface area contributed by atoms with Gasteiger partial charge < -0.3 is 14.7 Å². The van der Waals surface area contributed by atoms with Crippen molar-refractivity contribution >= 4 is 5.91 Å². The van der Waals surface area contributed by atoms with Gasteiger partial charge in [0.25, 0.3) is 0 Å². The van der Waals surface area contributed by atoms with Gasteiger partial charge in [0.2, 0.25) is 11.8 Å². The van der Waals surface area contributed by atoms with E-state index in [-0.39, 0.29) is 18.0 Å². The number of nitrogens with one attached hydrogen (secondary N) is 1. The van der Waals surface area contributed by atoms with E-state index in [1.807, 2.05) is 24.8 Å². The van der Waals surface area contributed by atoms with Crippen LogP contribution in [-0.2, 0) is 18.4 Å². The SMILES string of the molecule is CN1C(=O)C[C@@H](NCc2nc(C3CCCC3)no2)[C@@H]1c1ccnn1C. The van der Waals surface area contributed by atoms with E-state index < -0.39 is 0 Å². The molecule has 1 amide bonds. The molecule has 0 unspecified atom stereocenters. The molecule has 1 saturated carbocycles. The highest BCUT2D eigenvalue weighted by molar-refractivity contribution is 5.80. The number of likely N-dealkylation sites (N-methyl/N-ethyl adjacent to an activating group) is 1. The standard InChI is InChI=1S/C17H24N6O2/c1-22-15(24)9-12(16(22)13-7-8-19-23(13)2)18-10-14-20-17(21-25-14)11-5-3-4-6-11/h7-8,11-12,16,18H,3-6,9-10H2,1-2H3/t12-,16-/m1/s1. The number of aromatic nitrogens is 4. The maximum Gasteiger partial charge on any atom is 0.240 e. The predicted octanol–water partition coefficient (Wildman–Crippen LogP) is 1.52. The van der Waals surface area contributed by atoms with E-state index in [1.165, 1.54) is 12.8 Å². The summed E-state index contributed by atoms with van der Waals surface area (Å²) < 4.78 is 7.22. The molecule has 8 heteroatoms. The molecule has 1 aliphatic carbocycles. The van der Waals surface area contributed by atoms with Crippen molar-refractivity contribution in [1.82, 2.24) is 30.1 Å². The lowest BCUT2D eigenvalue weighted by atomic mass is 10.1. The van der Waals surface area contributed by atoms with Crippen LogP contribution in [0, 0.1) is 0 Å². The third kappa shape index (κ3) is 3.06. The molecule has 2 aliphatic rings. The molecule has 8 nitrogen and oxygen atoms in total. The average Bonchev–Trinajstić information content (AvgIpc) is 3.36. The van der Waals surface area contributed by atoms with Crippen molar-refractivity contribution < 1.29 is 9.32 Å². The summed E-state index contributed by atoms with van der Waals surface area (Å²) in [7, 11) is 3.74. The first-order valence-electron chi connectivity index (χ1n) is 8.93. The summed E-state index contributed by atoms with van der Waals surface area (Å²) in [6, 6.07) is 1.91. The van der Waals surface area contributed by atoms with Gasteiger partial charge in [-0.2, -0.15) is 10.1 Å². The Kier molecular flexibility index (Phi) is 4.29. The molecule has 1 aliphatic heterocycles. The van der Waals surface area contributed by atoms with E-state index in [1.54, 1.807) is 11.1 Å². The topological polar surface area (TPSA) is 89.1 Å². The molecule has 1 N–H and O–H groups in total. The second-order valence-corrected chi connectivity index (χ2v) is 7.05. The minimum absolute atomic E-state index is 0.00488. The Balaban J connectivity index is 1.44. The Hall–Kier alpha value is -2.22. The Morgan fingerprint density at radius 2 is 2.12 bits per heavy atom. The van der Waals surface area contributed by atoms with Gasteiger partial charge in [-0.25, -0.2) is 0 Å². The highest BCUT2D eigenvalue weighted by Gasteiger charge is 2.39. The van der Waals surface area contributed by atoms with Crippen LogP contribution in [0.4, 0.5) is 0 Å². The summed E-state index contributed by atoms with van der Waals surface area (Å²) in [6.07, 6.45) is 7.00. The number of carbonyl (C=O) groups excluding carboxylic acids is 1. The Bertz CT molecular complexity index is 748. The number of nitrogens with zero attached hydrogens (tertiary/aromatic N) is 5. The summed E-state index contributed by atoms with van der Waals surface area (Å²) in [4.78, 5) is 18.5. The van der Waals surface area contributed by atoms with Gasteiger partial charge in [-0.1, -0.05) is 18.0 Å². The third-order valence-corrected chi connectivity index (χ3v) is 5.47. The van der Waals surface area contributed by atoms with Gasteiger partial charge in [-0.05, 0) is 18.9 Å². The van der Waals surface area contributed by atoms with Crippen LogP contribution in [0.15, 0.2) is 16.8 Å². The van der Waals surface area contributed by atoms with Crippen LogP contribution in [0.25, 0.3) is 0 Å². The van der Waals surface area contributed by atoms with Crippen LogP contribution >= 0.6 is 0 Å². The number of aryl methyl sites for hydroxylation is 1. The Morgan fingerprint density at radius 1 is 1.32 bits per heavy atom. The smallest absolute Gasteiger partial charge is 0.240 e. The van der Waals surface area contributed by atoms with Crippen molar-refractivity contribution in [3.8, 4) is 0 Å². The molecule has 2 aromatic rings. The highest BCUT2D eigenvalue weighted by Crippen LogP contribution is 2.33. The Labute approximate surface area is 146 Å². The number of rotatable bonds is 5. The summed E-state index contributed by atoms with van der Waals surface area (Å²) in [5.41, 5.74) is 1.02. The summed E-state index contributed by atoms with van der Waals surface area (Å²) in [6.45, 7) is 0.472. The molecule has 2 atom stereocenters. The van der Waals surface area contributed by atoms with Crippen molar-refractivity contribution in [3.63, 3.8) is 0 Å². The van der Waals surface area contributed by atoms with E-state index in [4.69, 9.17) is 4.52 Å². The van der Waals surface area contributed by atoms with Crippen LogP contribution < -0.4 is 5.32 Å². The lowest BCUT2D eigenvalue weighted by Gasteiger charge is -2.25. The molecule has 1 saturated heterocycles. The lowest BCUT2D eigenvalue weighted by molar-refractivity contribution is -0.127. The molecule has 3 heterocycles. The zero-order valence-corrected chi connectivity index (χ0v) is 14.7. The zero-order chi connectivity index (χ0) is 17.4. The second-order valence-electron chi connectivity index (χ2n) is 7.05. The number of hydrogen-bond acceptors (Lipinski definition) is 6. The van der Waals surface area contributed by atoms with Crippen LogP contribution in [0.1, 0.15) is 61.5 Å². The molecule has 0 aromatic carbocycles. The first kappa shape index (κ1) is 16.3. The monoisotopic (exact) mass is 344 g/mol. The van der Waals surface area contributed by atoms with Crippen molar-refractivity contribution in [2.45, 2.75) is 56.7 Å². The van der Waals surface area contributed by atoms with Crippen LogP contribution in [-0.4, -0.2) is 43.8 Å². The van der Waals surface area contributed by atoms with Crippen LogP contribution in [0.2, 0.25) is 0 Å². The van der Waals surface area contributed by atoms with Crippen LogP contribution in [0.5, 0.6) is 0 Å². The third-order valence-electron chi connectivity index (χ3n) is 5.47. The molecular weight excluding hydrogens is 320 g/mol. The fourth-order valence-corrected chi connectivity index (χ4v) is 4.04. The van der Waals surface area contributed by atoms with E-state index in [0.717, 1.165) is 24.4 Å². The zero-order valence-electron chi connectivity index (χ0n) is 14.7. The number of amides is 1. The van der Waals surface area contributed by atoms with Gasteiger partial charge in [0.15, 0.2) is 5.82 Å². The lowest BCUT2D eigenvalue weighted by Crippen LogP contribution is -2.36. The second kappa shape index (κ2) is 6.59. The van der Waals surface area contributed by atoms with Crippen molar-refractivity contribution in [2.24, 2.45) is 7.05 Å². The predicted molar refractivity (Wildman–Crippen MR) is 89.5 cm³/mol. The first-order valence-corrected chi connectivity index (χ1v) is 8.93. The van der Waals surface area contributed by atoms with E-state index in [0.29, 0.717) is 24.8 Å². The van der Waals surface area contributed by atoms with Crippen molar-refractivity contribution in [2.75, 3.05) is 7.05 Å². The van der Waals surface area contributed by atoms with E-state index >= 15 is 0 Å². The van der Waals surface area contributed by atoms with Crippen molar-refractivity contribution in [3.05, 3.63) is 29.7 Å². The highest BCUT2D eigenvalue weighted by atomic mass is 16.5. The van der Waals surface area contributed by atoms with E-state index in [9.17, 15) is 4.79 Å². The Morgan fingerprint density at radius 3 is 2.84 bits per heavy atom. The van der Waals surface area contributed by atoms with Gasteiger partial charge in [-0.15, -0.1) is 0 Å². The maximum absolute atomic E-state index is 12.2. The minimum atomic E-state index is -0.0442. The molecule has 4 rings (SSSR count). The maximum atomic E-state index is 12.2. The fourth-order valence-electron chi connectivity index (χ4n) is 4.04. The van der Waals surface area contributed by atoms with Gasteiger partial charge in [0.1, 0.15) is 0 Å². The number of carbonyl (C=O) groups is 1. The quantitative estimate of drug-likeness (QED) is 0.885. The first-order chi connectivity index (χ1) is 12.1. The van der Waals surface area contributed by atoms with Crippen molar-refractivity contribution in [1.29, 1.82) is 0 Å². The molecule has 2 aromatic heterocycles. The largest absolute Gasteiger partial charge is 0.338 e. The van der Waals surface area contributed by atoms with Gasteiger partial charge in [0.05, 0.1) is 18.3 Å². The molecule has 2 fully saturated rings. The molecule has 0 spiro atoms. The summed E-state index contributed by atoms with van der Waals surface area (Å²) in [5.74, 6) is 1.99. The molecule has 25 heavy (non-hydrogen) atoms. The van der Waals surface area contributed by atoms with Crippen LogP contribution in [0.3, 0.4) is 0 Å². The summed E-state index contributed by atoms with van der Waals surface area (Å²) >= 11 is 0. The van der Waals surface area contributed by atoms with Gasteiger partial charge >= 0.3 is 0 Å². The average molecular weight is 344 g/mol. The fraction of sp³-hybridized carbons (Fsp3) is 0.647. The minimum Gasteiger partial charge on any atom is -0.338 e. The summed E-state index contributed by atoms with van der Waals surface area (Å²) in [5, 5.41) is 11.8. The number of hydrogen-bond donors (Lipinski definition) is 1. The van der Waals surface area contributed by atoms with E-state index in [2.05, 4.69) is 20.6 Å². The molecule has 0 bridgehead atoms. The number of likely N-dealkylation sites (tertiary alicyclic amines) is 1. The molecule has 0 radical (unpaired) electrons. The molecule has 134 valence electrons. The molecular formula is C17H24N6O2. The van der Waals surface area contributed by atoms with Gasteiger partial charge in [0, 0.05) is 38.7 Å². The van der Waals surface area contributed by atoms with Gasteiger partial charge in [-0.3, -0.25) is 9.48 Å².